The second-order valence-corrected chi connectivity index (χ2v) is 10.4. The summed E-state index contributed by atoms with van der Waals surface area (Å²) < 4.78 is 36.9. The van der Waals surface area contributed by atoms with Gasteiger partial charge in [0.15, 0.2) is 0 Å². The third-order valence-electron chi connectivity index (χ3n) is 5.74. The highest BCUT2D eigenvalue weighted by atomic mass is 32.2. The number of non-ortho nitro benzene ring substituents is 1. The highest BCUT2D eigenvalue weighted by Gasteiger charge is 2.33. The highest BCUT2D eigenvalue weighted by molar-refractivity contribution is 7.92. The van der Waals surface area contributed by atoms with Gasteiger partial charge in [-0.05, 0) is 36.6 Å². The topological polar surface area (TPSA) is 148 Å². The monoisotopic (exact) mass is 550 g/mol. The van der Waals surface area contributed by atoms with Gasteiger partial charge in [-0.15, -0.1) is 0 Å². The fraction of sp³-hybridized carbons (Fsp3) is 0.440. The van der Waals surface area contributed by atoms with E-state index >= 15 is 0 Å². The van der Waals surface area contributed by atoms with Crippen LogP contribution in [-0.2, 0) is 26.2 Å². The van der Waals surface area contributed by atoms with Crippen molar-refractivity contribution in [3.8, 4) is 11.5 Å². The molecule has 2 rings (SSSR count). The normalized spacial score (nSPS) is 11.8. The van der Waals surface area contributed by atoms with E-state index in [0.29, 0.717) is 24.3 Å². The lowest BCUT2D eigenvalue weighted by molar-refractivity contribution is -0.384. The molecule has 2 amide bonds. The van der Waals surface area contributed by atoms with Crippen molar-refractivity contribution in [3.05, 3.63) is 58.1 Å². The molecule has 1 N–H and O–H groups in total. The molecule has 0 spiro atoms. The van der Waals surface area contributed by atoms with Crippen molar-refractivity contribution in [3.63, 3.8) is 0 Å². The summed E-state index contributed by atoms with van der Waals surface area (Å²) in [4.78, 5) is 38.8. The van der Waals surface area contributed by atoms with Crippen molar-refractivity contribution in [2.45, 2.75) is 39.3 Å². The van der Waals surface area contributed by atoms with E-state index in [0.717, 1.165) is 16.6 Å². The van der Waals surface area contributed by atoms with Gasteiger partial charge >= 0.3 is 0 Å². The first kappa shape index (κ1) is 30.4. The summed E-state index contributed by atoms with van der Waals surface area (Å²) >= 11 is 0. The quantitative estimate of drug-likeness (QED) is 0.279. The minimum Gasteiger partial charge on any atom is -0.497 e. The van der Waals surface area contributed by atoms with Crippen LogP contribution in [0.3, 0.4) is 0 Å². The molecular formula is C25H34N4O8S. The van der Waals surface area contributed by atoms with Gasteiger partial charge in [-0.3, -0.25) is 24.0 Å². The number of carbonyl (C=O) groups excluding carboxylic acids is 2. The van der Waals surface area contributed by atoms with Crippen LogP contribution in [0.25, 0.3) is 0 Å². The SMILES string of the molecule is CCCNC(=O)[C@@H](CC)N(Cc1cccc(OC)c1)C(=O)CN(c1cc([N+](=O)[O-])ccc1OC)S(C)(=O)=O. The first-order valence-corrected chi connectivity index (χ1v) is 13.8. The first-order valence-electron chi connectivity index (χ1n) is 12.0. The van der Waals surface area contributed by atoms with Crippen molar-refractivity contribution in [1.82, 2.24) is 10.2 Å². The van der Waals surface area contributed by atoms with Crippen molar-refractivity contribution < 1.29 is 32.4 Å². The number of nitro benzene ring substituents is 1. The Bertz CT molecular complexity index is 1250. The van der Waals surface area contributed by atoms with E-state index in [1.807, 2.05) is 6.92 Å². The number of carbonyl (C=O) groups is 2. The predicted molar refractivity (Wildman–Crippen MR) is 143 cm³/mol. The van der Waals surface area contributed by atoms with E-state index in [4.69, 9.17) is 9.47 Å². The third-order valence-corrected chi connectivity index (χ3v) is 6.87. The summed E-state index contributed by atoms with van der Waals surface area (Å²) in [6, 6.07) is 9.53. The number of nitrogens with one attached hydrogen (secondary N) is 1. The lowest BCUT2D eigenvalue weighted by Crippen LogP contribution is -2.52. The van der Waals surface area contributed by atoms with Crippen LogP contribution < -0.4 is 19.1 Å². The van der Waals surface area contributed by atoms with Gasteiger partial charge in [0.25, 0.3) is 5.69 Å². The first-order chi connectivity index (χ1) is 18.0. The molecule has 13 heteroatoms. The average Bonchev–Trinajstić information content (AvgIpc) is 2.89. The molecule has 0 radical (unpaired) electrons. The molecule has 0 aliphatic rings. The molecule has 12 nitrogen and oxygen atoms in total. The number of nitrogens with zero attached hydrogens (tertiary/aromatic N) is 3. The van der Waals surface area contributed by atoms with Crippen LogP contribution in [0, 0.1) is 10.1 Å². The van der Waals surface area contributed by atoms with Gasteiger partial charge in [-0.2, -0.15) is 0 Å². The largest absolute Gasteiger partial charge is 0.497 e. The van der Waals surface area contributed by atoms with Crippen molar-refractivity contribution in [2.24, 2.45) is 0 Å². The number of hydrogen-bond acceptors (Lipinski definition) is 8. The van der Waals surface area contributed by atoms with Crippen molar-refractivity contribution in [2.75, 3.05) is 37.9 Å². The number of benzene rings is 2. The Kier molecular flexibility index (Phi) is 10.9. The molecule has 0 saturated carbocycles. The summed E-state index contributed by atoms with van der Waals surface area (Å²) in [7, 11) is -1.32. The zero-order valence-electron chi connectivity index (χ0n) is 22.2. The minimum atomic E-state index is -4.11. The Morgan fingerprint density at radius 2 is 1.82 bits per heavy atom. The number of rotatable bonds is 14. The molecule has 0 unspecified atom stereocenters. The van der Waals surface area contributed by atoms with E-state index in [2.05, 4.69) is 5.32 Å². The third kappa shape index (κ3) is 7.81. The fourth-order valence-corrected chi connectivity index (χ4v) is 4.68. The Morgan fingerprint density at radius 3 is 2.37 bits per heavy atom. The van der Waals surface area contributed by atoms with Crippen LogP contribution in [0.15, 0.2) is 42.5 Å². The Hall–Kier alpha value is -3.87. The van der Waals surface area contributed by atoms with Gasteiger partial charge in [0.1, 0.15) is 29.8 Å². The molecule has 0 bridgehead atoms. The molecule has 208 valence electrons. The Balaban J connectivity index is 2.56. The zero-order valence-corrected chi connectivity index (χ0v) is 23.0. The number of anilines is 1. The number of ether oxygens (including phenoxy) is 2. The molecule has 1 atom stereocenters. The van der Waals surface area contributed by atoms with Crippen molar-refractivity contribution >= 4 is 33.2 Å². The zero-order chi connectivity index (χ0) is 28.5. The van der Waals surface area contributed by atoms with Crippen LogP contribution in [0.4, 0.5) is 11.4 Å². The van der Waals surface area contributed by atoms with E-state index in [9.17, 15) is 28.1 Å². The molecule has 0 aromatic heterocycles. The summed E-state index contributed by atoms with van der Waals surface area (Å²) in [6.07, 6.45) is 1.85. The second-order valence-electron chi connectivity index (χ2n) is 8.47. The predicted octanol–water partition coefficient (Wildman–Crippen LogP) is 2.71. The van der Waals surface area contributed by atoms with E-state index in [1.54, 1.807) is 31.2 Å². The molecule has 0 aliphatic carbocycles. The molecule has 2 aromatic carbocycles. The summed E-state index contributed by atoms with van der Waals surface area (Å²) in [5.41, 5.74) is 0.126. The highest BCUT2D eigenvalue weighted by Crippen LogP contribution is 2.34. The molecule has 2 aromatic rings. The lowest BCUT2D eigenvalue weighted by atomic mass is 10.1. The van der Waals surface area contributed by atoms with Crippen LogP contribution in [0.1, 0.15) is 32.3 Å². The smallest absolute Gasteiger partial charge is 0.271 e. The van der Waals surface area contributed by atoms with Crippen LogP contribution in [-0.4, -0.2) is 69.7 Å². The number of sulfonamides is 1. The lowest BCUT2D eigenvalue weighted by Gasteiger charge is -2.33. The Morgan fingerprint density at radius 1 is 1.11 bits per heavy atom. The van der Waals surface area contributed by atoms with Crippen molar-refractivity contribution in [1.29, 1.82) is 0 Å². The standard InChI is InChI=1S/C25H34N4O8S/c1-6-13-26-25(31)21(7-2)27(16-18-9-8-10-20(14-18)36-3)24(30)17-28(38(5,34)35)22-15-19(29(32)33)11-12-23(22)37-4/h8-12,14-15,21H,6-7,13,16-17H2,1-5H3,(H,26,31)/t21-/m1/s1. The van der Waals surface area contributed by atoms with Gasteiger partial charge in [0.05, 0.1) is 25.4 Å². The molecule has 0 saturated heterocycles. The Labute approximate surface area is 222 Å². The van der Waals surface area contributed by atoms with E-state index in [-0.39, 0.29) is 36.0 Å². The van der Waals surface area contributed by atoms with Gasteiger partial charge in [0, 0.05) is 25.2 Å². The minimum absolute atomic E-state index is 0.00222. The maximum atomic E-state index is 13.8. The summed E-state index contributed by atoms with van der Waals surface area (Å²) in [5, 5.41) is 14.2. The average molecular weight is 551 g/mol. The number of hydrogen-bond donors (Lipinski definition) is 1. The number of nitro groups is 1. The maximum Gasteiger partial charge on any atom is 0.271 e. The molecule has 0 aliphatic heterocycles. The van der Waals surface area contributed by atoms with Gasteiger partial charge in [-0.25, -0.2) is 8.42 Å². The second kappa shape index (κ2) is 13.6. The number of amides is 2. The van der Waals surface area contributed by atoms with Gasteiger partial charge in [-0.1, -0.05) is 26.0 Å². The summed E-state index contributed by atoms with van der Waals surface area (Å²) in [5.74, 6) is -0.465. The van der Waals surface area contributed by atoms with Crippen LogP contribution in [0.2, 0.25) is 0 Å². The van der Waals surface area contributed by atoms with Gasteiger partial charge in [0.2, 0.25) is 21.8 Å². The van der Waals surface area contributed by atoms with Crippen LogP contribution >= 0.6 is 0 Å². The fourth-order valence-electron chi connectivity index (χ4n) is 3.83. The molecule has 0 heterocycles. The maximum absolute atomic E-state index is 13.8. The van der Waals surface area contributed by atoms with Crippen LogP contribution in [0.5, 0.6) is 11.5 Å². The van der Waals surface area contributed by atoms with Gasteiger partial charge < -0.3 is 19.7 Å². The molecule has 0 fully saturated rings. The molecular weight excluding hydrogens is 516 g/mol. The molecule has 38 heavy (non-hydrogen) atoms. The van der Waals surface area contributed by atoms with E-state index < -0.39 is 33.4 Å². The van der Waals surface area contributed by atoms with E-state index in [1.165, 1.54) is 31.3 Å². The summed E-state index contributed by atoms with van der Waals surface area (Å²) in [6.45, 7) is 3.35. The number of methoxy groups -OCH3 is 2.